The van der Waals surface area contributed by atoms with E-state index in [4.69, 9.17) is 29.0 Å². The molecule has 0 radical (unpaired) electrons. The van der Waals surface area contributed by atoms with Gasteiger partial charge in [-0.3, -0.25) is 18.7 Å². The number of aromatic nitrogens is 2. The third-order valence-corrected chi connectivity index (χ3v) is 7.26. The van der Waals surface area contributed by atoms with Gasteiger partial charge in [0.05, 0.1) is 26.2 Å². The number of aliphatic hydroxyl groups is 2. The lowest BCUT2D eigenvalue weighted by molar-refractivity contribution is -0.152. The minimum atomic E-state index is -4.73. The van der Waals surface area contributed by atoms with Crippen LogP contribution in [0, 0.1) is 0 Å². The second-order valence-electron chi connectivity index (χ2n) is 8.64. The van der Waals surface area contributed by atoms with Crippen LogP contribution in [0.2, 0.25) is 0 Å². The Hall–Kier alpha value is -4.02. The predicted octanol–water partition coefficient (Wildman–Crippen LogP) is 0.761. The molecular weight excluding hydrogens is 581 g/mol. The number of ether oxygens (including phenoxy) is 3. The summed E-state index contributed by atoms with van der Waals surface area (Å²) in [4.78, 5) is 43.4. The molecule has 5 N–H and O–H groups in total. The number of carbonyl (C=O) groups excluding carboxylic acids is 2. The molecule has 1 aliphatic rings. The maximum Gasteiger partial charge on any atom is 0.459 e. The average molecular weight is 612 g/mol. The number of hydrogen-bond donors (Lipinski definition) is 4. The van der Waals surface area contributed by atoms with Crippen LogP contribution >= 0.6 is 7.75 Å². The van der Waals surface area contributed by atoms with Crippen molar-refractivity contribution in [3.8, 4) is 5.75 Å². The van der Waals surface area contributed by atoms with E-state index in [1.807, 2.05) is 0 Å². The maximum atomic E-state index is 14.0. The molecule has 2 heterocycles. The Morgan fingerprint density at radius 2 is 1.95 bits per heavy atom. The summed E-state index contributed by atoms with van der Waals surface area (Å²) in [5.74, 6) is -1.95. The molecule has 18 nitrogen and oxygen atoms in total. The predicted molar refractivity (Wildman–Crippen MR) is 142 cm³/mol. The topological polar surface area (TPSA) is 260 Å². The Labute approximate surface area is 238 Å². The van der Waals surface area contributed by atoms with Crippen LogP contribution in [-0.4, -0.2) is 75.5 Å². The molecule has 1 aliphatic heterocycles. The first kappa shape index (κ1) is 32.5. The molecular formula is C23H30N7O11P. The molecule has 1 saturated heterocycles. The SMILES string of the molecule is CCOC(=O)C[C@H](NP(=O)(OC[C@@]1(N=[N+]=[N-])O[C@@H](n2ccc(N)nc2=O)[C@H](O)[C@@H]1O)Oc1ccccc1)C(=O)OCC. The summed E-state index contributed by atoms with van der Waals surface area (Å²) in [5, 5.41) is 27.3. The van der Waals surface area contributed by atoms with E-state index >= 15 is 0 Å². The monoisotopic (exact) mass is 611 g/mol. The van der Waals surface area contributed by atoms with Crippen LogP contribution in [0.3, 0.4) is 0 Å². The average Bonchev–Trinajstić information content (AvgIpc) is 3.18. The van der Waals surface area contributed by atoms with Crippen LogP contribution in [0.4, 0.5) is 5.82 Å². The zero-order valence-electron chi connectivity index (χ0n) is 22.5. The summed E-state index contributed by atoms with van der Waals surface area (Å²) in [7, 11) is -4.73. The molecule has 0 spiro atoms. The number of nitrogens with two attached hydrogens (primary N) is 1. The van der Waals surface area contributed by atoms with Gasteiger partial charge < -0.3 is 34.7 Å². The first-order valence-corrected chi connectivity index (χ1v) is 14.1. The van der Waals surface area contributed by atoms with Crippen molar-refractivity contribution in [3.05, 3.63) is 63.5 Å². The fourth-order valence-corrected chi connectivity index (χ4v) is 5.32. The van der Waals surface area contributed by atoms with Gasteiger partial charge in [0.15, 0.2) is 6.23 Å². The molecule has 0 amide bonds. The van der Waals surface area contributed by atoms with Crippen LogP contribution in [0.25, 0.3) is 10.4 Å². The summed E-state index contributed by atoms with van der Waals surface area (Å²) < 4.78 is 41.4. The van der Waals surface area contributed by atoms with E-state index in [1.165, 1.54) is 25.1 Å². The summed E-state index contributed by atoms with van der Waals surface area (Å²) in [6.07, 6.45) is -5.06. The van der Waals surface area contributed by atoms with Crippen molar-refractivity contribution in [2.75, 3.05) is 25.6 Å². The molecule has 1 fully saturated rings. The highest BCUT2D eigenvalue weighted by Crippen LogP contribution is 2.48. The summed E-state index contributed by atoms with van der Waals surface area (Å²) in [5.41, 5.74) is 11.3. The number of esters is 2. The standard InChI is InChI=1S/C23H30N7O11P/c1-3-37-17(31)12-15(21(34)38-4-2)27-42(36,41-14-8-6-5-7-9-14)39-13-23(28-29-25)19(33)18(32)20(40-23)30-11-10-16(24)26-22(30)35/h5-11,15,18-20,32-33H,3-4,12-13H2,1-2H3,(H,27,36)(H2,24,26,35)/t15-,18+,19-,20+,23+,42?/m0/s1. The number of nitrogens with one attached hydrogen (secondary N) is 1. The van der Waals surface area contributed by atoms with Crippen molar-refractivity contribution in [3.63, 3.8) is 0 Å². The van der Waals surface area contributed by atoms with Crippen molar-refractivity contribution in [2.45, 2.75) is 50.5 Å². The molecule has 2 aromatic rings. The van der Waals surface area contributed by atoms with Crippen molar-refractivity contribution < 1.29 is 47.6 Å². The molecule has 1 unspecified atom stereocenters. The summed E-state index contributed by atoms with van der Waals surface area (Å²) >= 11 is 0. The number of aliphatic hydroxyl groups excluding tert-OH is 2. The number of rotatable bonds is 14. The van der Waals surface area contributed by atoms with Gasteiger partial charge in [-0.25, -0.2) is 9.36 Å². The summed E-state index contributed by atoms with van der Waals surface area (Å²) in [6.45, 7) is 1.94. The first-order valence-electron chi connectivity index (χ1n) is 12.5. The lowest BCUT2D eigenvalue weighted by atomic mass is 10.1. The minimum Gasteiger partial charge on any atom is -0.466 e. The van der Waals surface area contributed by atoms with E-state index < -0.39 is 68.6 Å². The highest BCUT2D eigenvalue weighted by Gasteiger charge is 2.56. The second kappa shape index (κ2) is 14.2. The fraction of sp³-hybridized carbons (Fsp3) is 0.478. The first-order chi connectivity index (χ1) is 20.0. The third-order valence-electron chi connectivity index (χ3n) is 5.71. The molecule has 19 heteroatoms. The van der Waals surface area contributed by atoms with E-state index in [0.29, 0.717) is 0 Å². The molecule has 42 heavy (non-hydrogen) atoms. The zero-order valence-corrected chi connectivity index (χ0v) is 23.4. The molecule has 1 aromatic carbocycles. The van der Waals surface area contributed by atoms with Gasteiger partial charge in [0, 0.05) is 11.1 Å². The van der Waals surface area contributed by atoms with E-state index in [2.05, 4.69) is 20.1 Å². The Bertz CT molecular complexity index is 1400. The highest BCUT2D eigenvalue weighted by atomic mass is 31.2. The molecule has 3 rings (SSSR count). The zero-order chi connectivity index (χ0) is 30.9. The Morgan fingerprint density at radius 1 is 1.26 bits per heavy atom. The third kappa shape index (κ3) is 7.83. The van der Waals surface area contributed by atoms with Crippen LogP contribution < -0.4 is 21.0 Å². The second-order valence-corrected chi connectivity index (χ2v) is 10.3. The number of nitrogen functional groups attached to an aromatic ring is 1. The van der Waals surface area contributed by atoms with Gasteiger partial charge in [-0.15, -0.1) is 0 Å². The quantitative estimate of drug-likeness (QED) is 0.0756. The van der Waals surface area contributed by atoms with Crippen molar-refractivity contribution >= 4 is 25.5 Å². The van der Waals surface area contributed by atoms with Gasteiger partial charge >= 0.3 is 25.4 Å². The van der Waals surface area contributed by atoms with Gasteiger partial charge in [-0.1, -0.05) is 23.3 Å². The highest BCUT2D eigenvalue weighted by molar-refractivity contribution is 7.52. The van der Waals surface area contributed by atoms with E-state index in [-0.39, 0.29) is 24.8 Å². The largest absolute Gasteiger partial charge is 0.466 e. The number of carbonyl (C=O) groups is 2. The number of para-hydroxylation sites is 1. The molecule has 1 aromatic heterocycles. The van der Waals surface area contributed by atoms with Crippen LogP contribution in [0.15, 0.2) is 52.5 Å². The summed E-state index contributed by atoms with van der Waals surface area (Å²) in [6, 6.07) is 7.18. The van der Waals surface area contributed by atoms with Gasteiger partial charge in [0.25, 0.3) is 0 Å². The number of benzene rings is 1. The fourth-order valence-electron chi connectivity index (χ4n) is 3.81. The Balaban J connectivity index is 1.96. The van der Waals surface area contributed by atoms with Crippen LogP contribution in [-0.2, 0) is 32.9 Å². The lowest BCUT2D eigenvalue weighted by Gasteiger charge is -2.30. The smallest absolute Gasteiger partial charge is 0.459 e. The number of anilines is 1. The number of hydrogen-bond acceptors (Lipinski definition) is 14. The maximum absolute atomic E-state index is 14.0. The van der Waals surface area contributed by atoms with Crippen molar-refractivity contribution in [1.82, 2.24) is 14.6 Å². The Kier molecular flexibility index (Phi) is 11.0. The van der Waals surface area contributed by atoms with E-state index in [1.54, 1.807) is 25.1 Å². The molecule has 228 valence electrons. The van der Waals surface area contributed by atoms with Crippen molar-refractivity contribution in [1.29, 1.82) is 0 Å². The Morgan fingerprint density at radius 3 is 2.57 bits per heavy atom. The van der Waals surface area contributed by atoms with E-state index in [0.717, 1.165) is 10.8 Å². The van der Waals surface area contributed by atoms with Gasteiger partial charge in [0.1, 0.15) is 29.8 Å². The normalized spacial score (nSPS) is 23.7. The van der Waals surface area contributed by atoms with Crippen LogP contribution in [0.5, 0.6) is 5.75 Å². The van der Waals surface area contributed by atoms with Gasteiger partial charge in [0.2, 0.25) is 5.72 Å². The molecule has 0 saturated carbocycles. The van der Waals surface area contributed by atoms with E-state index in [9.17, 15) is 34.7 Å². The van der Waals surface area contributed by atoms with Gasteiger partial charge in [-0.05, 0) is 37.6 Å². The van der Waals surface area contributed by atoms with Crippen LogP contribution in [0.1, 0.15) is 26.5 Å². The minimum absolute atomic E-state index is 0.00305. The van der Waals surface area contributed by atoms with Crippen molar-refractivity contribution in [2.24, 2.45) is 5.11 Å². The molecule has 6 atom stereocenters. The molecule has 0 bridgehead atoms. The molecule has 0 aliphatic carbocycles. The number of nitrogens with zero attached hydrogens (tertiary/aromatic N) is 5. The number of azide groups is 1. The van der Waals surface area contributed by atoms with Gasteiger partial charge in [-0.2, -0.15) is 10.1 Å². The lowest BCUT2D eigenvalue weighted by Crippen LogP contribution is -2.46.